The summed E-state index contributed by atoms with van der Waals surface area (Å²) in [6, 6.07) is 0. The van der Waals surface area contributed by atoms with E-state index in [1.54, 1.807) is 6.08 Å². The van der Waals surface area contributed by atoms with Crippen molar-refractivity contribution in [2.45, 2.75) is 33.3 Å². The zero-order chi connectivity index (χ0) is 9.78. The highest BCUT2D eigenvalue weighted by atomic mass is 16.6. The van der Waals surface area contributed by atoms with Crippen LogP contribution in [0.2, 0.25) is 0 Å². The molecule has 0 aliphatic rings. The zero-order valence-electron chi connectivity index (χ0n) is 7.96. The fraction of sp³-hybridized carbons (Fsp3) is 0.667. The third-order valence-electron chi connectivity index (χ3n) is 1.61. The first-order chi connectivity index (χ1) is 5.38. The largest absolute Gasteiger partial charge is 0.446 e. The van der Waals surface area contributed by atoms with E-state index in [9.17, 15) is 4.79 Å². The van der Waals surface area contributed by atoms with Gasteiger partial charge in [-0.25, -0.2) is 4.79 Å². The van der Waals surface area contributed by atoms with Crippen molar-refractivity contribution < 1.29 is 9.53 Å². The summed E-state index contributed by atoms with van der Waals surface area (Å²) in [5.74, 6) is 0. The van der Waals surface area contributed by atoms with Gasteiger partial charge in [0.05, 0.1) is 0 Å². The summed E-state index contributed by atoms with van der Waals surface area (Å²) in [5.41, 5.74) is 4.83. The van der Waals surface area contributed by atoms with Gasteiger partial charge in [0.15, 0.2) is 0 Å². The van der Waals surface area contributed by atoms with Crippen LogP contribution in [0.25, 0.3) is 0 Å². The lowest BCUT2D eigenvalue weighted by atomic mass is 9.87. The average molecular weight is 171 g/mol. The molecular weight excluding hydrogens is 154 g/mol. The van der Waals surface area contributed by atoms with Gasteiger partial charge in [0.2, 0.25) is 0 Å². The van der Waals surface area contributed by atoms with Crippen LogP contribution in [-0.4, -0.2) is 12.2 Å². The Balaban J connectivity index is 4.22. The Morgan fingerprint density at radius 2 is 2.17 bits per heavy atom. The Hall–Kier alpha value is -0.990. The molecule has 0 aliphatic carbocycles. The maximum atomic E-state index is 10.5. The third kappa shape index (κ3) is 4.01. The highest BCUT2D eigenvalue weighted by Gasteiger charge is 2.26. The maximum absolute atomic E-state index is 10.5. The van der Waals surface area contributed by atoms with Crippen molar-refractivity contribution in [1.82, 2.24) is 0 Å². The fourth-order valence-corrected chi connectivity index (χ4v) is 0.870. The molecular formula is C9H17NO2. The van der Waals surface area contributed by atoms with Crippen LogP contribution in [0.1, 0.15) is 27.2 Å². The Morgan fingerprint density at radius 3 is 2.42 bits per heavy atom. The number of rotatable bonds is 3. The average Bonchev–Trinajstić information content (AvgIpc) is 1.83. The molecule has 0 spiro atoms. The summed E-state index contributed by atoms with van der Waals surface area (Å²) in [4.78, 5) is 10.5. The second kappa shape index (κ2) is 4.14. The van der Waals surface area contributed by atoms with Gasteiger partial charge in [-0.15, -0.1) is 6.58 Å². The molecule has 1 amide bonds. The number of nitrogens with two attached hydrogens (primary N) is 1. The number of amides is 1. The summed E-state index contributed by atoms with van der Waals surface area (Å²) in [7, 11) is 0. The molecule has 2 N–H and O–H groups in total. The smallest absolute Gasteiger partial charge is 0.404 e. The van der Waals surface area contributed by atoms with Gasteiger partial charge in [-0.3, -0.25) is 0 Å². The molecule has 70 valence electrons. The summed E-state index contributed by atoms with van der Waals surface area (Å²) in [6.45, 7) is 9.56. The molecule has 0 bridgehead atoms. The van der Waals surface area contributed by atoms with Gasteiger partial charge in [-0.2, -0.15) is 0 Å². The van der Waals surface area contributed by atoms with E-state index in [0.717, 1.165) is 0 Å². The van der Waals surface area contributed by atoms with Crippen molar-refractivity contribution in [3.8, 4) is 0 Å². The van der Waals surface area contributed by atoms with E-state index in [4.69, 9.17) is 10.5 Å². The van der Waals surface area contributed by atoms with Crippen LogP contribution in [0.15, 0.2) is 12.7 Å². The molecule has 0 aliphatic heterocycles. The Bertz CT molecular complexity index is 170. The summed E-state index contributed by atoms with van der Waals surface area (Å²) < 4.78 is 4.92. The molecule has 12 heavy (non-hydrogen) atoms. The number of primary amides is 1. The third-order valence-corrected chi connectivity index (χ3v) is 1.61. The van der Waals surface area contributed by atoms with Gasteiger partial charge in [0.25, 0.3) is 0 Å². The molecule has 0 radical (unpaired) electrons. The Kier molecular flexibility index (Phi) is 3.80. The van der Waals surface area contributed by atoms with Crippen LogP contribution in [-0.2, 0) is 4.74 Å². The first-order valence-electron chi connectivity index (χ1n) is 3.95. The van der Waals surface area contributed by atoms with E-state index in [1.807, 2.05) is 20.8 Å². The van der Waals surface area contributed by atoms with Gasteiger partial charge in [0, 0.05) is 6.42 Å². The number of hydrogen-bond acceptors (Lipinski definition) is 2. The Morgan fingerprint density at radius 1 is 1.67 bits per heavy atom. The highest BCUT2D eigenvalue weighted by Crippen LogP contribution is 2.24. The molecule has 0 saturated carbocycles. The van der Waals surface area contributed by atoms with Crippen LogP contribution in [0, 0.1) is 5.41 Å². The quantitative estimate of drug-likeness (QED) is 0.661. The highest BCUT2D eigenvalue weighted by molar-refractivity contribution is 5.64. The molecule has 0 aromatic carbocycles. The van der Waals surface area contributed by atoms with Crippen molar-refractivity contribution >= 4 is 6.09 Å². The van der Waals surface area contributed by atoms with Crippen molar-refractivity contribution in [2.75, 3.05) is 0 Å². The minimum Gasteiger partial charge on any atom is -0.446 e. The minimum atomic E-state index is -0.725. The van der Waals surface area contributed by atoms with Gasteiger partial charge in [-0.1, -0.05) is 26.8 Å². The van der Waals surface area contributed by atoms with E-state index >= 15 is 0 Å². The minimum absolute atomic E-state index is 0.0940. The zero-order valence-corrected chi connectivity index (χ0v) is 7.96. The maximum Gasteiger partial charge on any atom is 0.404 e. The van der Waals surface area contributed by atoms with E-state index < -0.39 is 6.09 Å². The standard InChI is InChI=1S/C9H17NO2/c1-5-6-7(9(2,3)4)12-8(10)11/h5,7H,1,6H2,2-4H3,(H2,10,11). The lowest BCUT2D eigenvalue weighted by Gasteiger charge is -2.28. The molecule has 0 saturated heterocycles. The normalized spacial score (nSPS) is 13.6. The lowest BCUT2D eigenvalue weighted by molar-refractivity contribution is 0.0392. The molecule has 1 atom stereocenters. The van der Waals surface area contributed by atoms with Gasteiger partial charge < -0.3 is 10.5 Å². The van der Waals surface area contributed by atoms with Crippen LogP contribution in [0.4, 0.5) is 4.79 Å². The molecule has 0 rings (SSSR count). The van der Waals surface area contributed by atoms with Crippen molar-refractivity contribution in [3.05, 3.63) is 12.7 Å². The molecule has 3 heteroatoms. The number of hydrogen-bond donors (Lipinski definition) is 1. The van der Waals surface area contributed by atoms with E-state index in [2.05, 4.69) is 6.58 Å². The lowest BCUT2D eigenvalue weighted by Crippen LogP contribution is -2.33. The van der Waals surface area contributed by atoms with E-state index in [1.165, 1.54) is 0 Å². The second-order valence-electron chi connectivity index (χ2n) is 3.82. The fourth-order valence-electron chi connectivity index (χ4n) is 0.870. The monoisotopic (exact) mass is 171 g/mol. The predicted molar refractivity (Wildman–Crippen MR) is 48.7 cm³/mol. The molecule has 0 aromatic rings. The molecule has 1 unspecified atom stereocenters. The first kappa shape index (κ1) is 11.0. The van der Waals surface area contributed by atoms with Crippen molar-refractivity contribution in [3.63, 3.8) is 0 Å². The number of carbonyl (C=O) groups is 1. The van der Waals surface area contributed by atoms with Gasteiger partial charge in [-0.05, 0) is 5.41 Å². The van der Waals surface area contributed by atoms with Crippen LogP contribution in [0.5, 0.6) is 0 Å². The van der Waals surface area contributed by atoms with Crippen molar-refractivity contribution in [1.29, 1.82) is 0 Å². The summed E-state index contributed by atoms with van der Waals surface area (Å²) >= 11 is 0. The van der Waals surface area contributed by atoms with Crippen LogP contribution in [0.3, 0.4) is 0 Å². The second-order valence-corrected chi connectivity index (χ2v) is 3.82. The van der Waals surface area contributed by atoms with Crippen molar-refractivity contribution in [2.24, 2.45) is 11.1 Å². The van der Waals surface area contributed by atoms with Crippen LogP contribution < -0.4 is 5.73 Å². The number of ether oxygens (including phenoxy) is 1. The Labute approximate surface area is 73.6 Å². The van der Waals surface area contributed by atoms with Gasteiger partial charge in [0.1, 0.15) is 6.10 Å². The summed E-state index contributed by atoms with van der Waals surface area (Å²) in [5, 5.41) is 0. The predicted octanol–water partition coefficient (Wildman–Crippen LogP) is 2.07. The molecule has 0 fully saturated rings. The topological polar surface area (TPSA) is 52.3 Å². The van der Waals surface area contributed by atoms with Crippen LogP contribution >= 0.6 is 0 Å². The van der Waals surface area contributed by atoms with E-state index in [0.29, 0.717) is 6.42 Å². The SMILES string of the molecule is C=CCC(OC(N)=O)C(C)(C)C. The molecule has 0 heterocycles. The van der Waals surface area contributed by atoms with E-state index in [-0.39, 0.29) is 11.5 Å². The molecule has 0 aromatic heterocycles. The molecule has 3 nitrogen and oxygen atoms in total. The number of carbonyl (C=O) groups excluding carboxylic acids is 1. The first-order valence-corrected chi connectivity index (χ1v) is 3.95. The van der Waals surface area contributed by atoms with Gasteiger partial charge >= 0.3 is 6.09 Å². The summed E-state index contributed by atoms with van der Waals surface area (Å²) in [6.07, 6.45) is 1.44.